The van der Waals surface area contributed by atoms with Crippen LogP contribution < -0.4 is 0 Å². The Morgan fingerprint density at radius 3 is 2.91 bits per heavy atom. The van der Waals surface area contributed by atoms with Crippen molar-refractivity contribution in [3.05, 3.63) is 0 Å². The van der Waals surface area contributed by atoms with Gasteiger partial charge in [0.1, 0.15) is 6.10 Å². The zero-order valence-corrected chi connectivity index (χ0v) is 7.30. The SMILES string of the molecule is CCCC1CC1C#CC(C)O. The van der Waals surface area contributed by atoms with Gasteiger partial charge in [-0.25, -0.2) is 0 Å². The van der Waals surface area contributed by atoms with Crippen LogP contribution in [0.2, 0.25) is 0 Å². The quantitative estimate of drug-likeness (QED) is 0.598. The lowest BCUT2D eigenvalue weighted by atomic mass is 10.2. The molecule has 1 saturated carbocycles. The van der Waals surface area contributed by atoms with Crippen molar-refractivity contribution < 1.29 is 5.11 Å². The van der Waals surface area contributed by atoms with Crippen LogP contribution in [0.5, 0.6) is 0 Å². The molecule has 0 radical (unpaired) electrons. The molecular weight excluding hydrogens is 136 g/mol. The molecule has 1 rings (SSSR count). The minimum Gasteiger partial charge on any atom is -0.381 e. The van der Waals surface area contributed by atoms with Gasteiger partial charge in [0, 0.05) is 5.92 Å². The Bertz CT molecular complexity index is 173. The van der Waals surface area contributed by atoms with Crippen molar-refractivity contribution in [2.45, 2.75) is 39.2 Å². The molecule has 1 aliphatic carbocycles. The van der Waals surface area contributed by atoms with Gasteiger partial charge >= 0.3 is 0 Å². The third kappa shape index (κ3) is 2.95. The van der Waals surface area contributed by atoms with E-state index in [0.717, 1.165) is 5.92 Å². The van der Waals surface area contributed by atoms with Crippen molar-refractivity contribution in [2.24, 2.45) is 11.8 Å². The molecule has 3 atom stereocenters. The van der Waals surface area contributed by atoms with Crippen molar-refractivity contribution in [3.63, 3.8) is 0 Å². The van der Waals surface area contributed by atoms with Gasteiger partial charge in [0.15, 0.2) is 0 Å². The van der Waals surface area contributed by atoms with Gasteiger partial charge in [-0.1, -0.05) is 25.2 Å². The van der Waals surface area contributed by atoms with Crippen LogP contribution in [0.15, 0.2) is 0 Å². The topological polar surface area (TPSA) is 20.2 Å². The van der Waals surface area contributed by atoms with Crippen LogP contribution in [0.4, 0.5) is 0 Å². The summed E-state index contributed by atoms with van der Waals surface area (Å²) in [5.74, 6) is 7.33. The van der Waals surface area contributed by atoms with Gasteiger partial charge in [-0.15, -0.1) is 0 Å². The summed E-state index contributed by atoms with van der Waals surface area (Å²) >= 11 is 0. The molecule has 0 spiro atoms. The predicted octanol–water partition coefficient (Wildman–Crippen LogP) is 1.81. The molecule has 0 heterocycles. The summed E-state index contributed by atoms with van der Waals surface area (Å²) in [6.45, 7) is 3.92. The molecule has 11 heavy (non-hydrogen) atoms. The van der Waals surface area contributed by atoms with E-state index in [9.17, 15) is 0 Å². The lowest BCUT2D eigenvalue weighted by Crippen LogP contribution is -1.92. The van der Waals surface area contributed by atoms with E-state index in [2.05, 4.69) is 18.8 Å². The van der Waals surface area contributed by atoms with E-state index in [4.69, 9.17) is 5.11 Å². The molecule has 0 bridgehead atoms. The van der Waals surface area contributed by atoms with Crippen molar-refractivity contribution in [3.8, 4) is 11.8 Å². The Morgan fingerprint density at radius 2 is 2.36 bits per heavy atom. The molecule has 1 N–H and O–H groups in total. The molecule has 1 nitrogen and oxygen atoms in total. The van der Waals surface area contributed by atoms with Crippen LogP contribution in [-0.2, 0) is 0 Å². The maximum atomic E-state index is 8.87. The molecule has 0 aromatic rings. The van der Waals surface area contributed by atoms with Gasteiger partial charge in [-0.2, -0.15) is 0 Å². The highest BCUT2D eigenvalue weighted by molar-refractivity contribution is 5.14. The van der Waals surface area contributed by atoms with Crippen LogP contribution in [0, 0.1) is 23.7 Å². The molecule has 0 saturated heterocycles. The summed E-state index contributed by atoms with van der Waals surface area (Å²) in [7, 11) is 0. The Balaban J connectivity index is 2.19. The Morgan fingerprint density at radius 1 is 1.64 bits per heavy atom. The van der Waals surface area contributed by atoms with E-state index in [1.807, 2.05) is 0 Å². The number of hydrogen-bond donors (Lipinski definition) is 1. The normalized spacial score (nSPS) is 30.5. The molecule has 3 unspecified atom stereocenters. The maximum Gasteiger partial charge on any atom is 0.111 e. The van der Waals surface area contributed by atoms with Crippen molar-refractivity contribution >= 4 is 0 Å². The van der Waals surface area contributed by atoms with Crippen molar-refractivity contribution in [1.29, 1.82) is 0 Å². The molecule has 0 amide bonds. The van der Waals surface area contributed by atoms with Gasteiger partial charge in [-0.05, 0) is 25.7 Å². The molecule has 1 aliphatic rings. The van der Waals surface area contributed by atoms with E-state index in [0.29, 0.717) is 5.92 Å². The second kappa shape index (κ2) is 3.78. The Labute approximate surface area is 68.8 Å². The second-order valence-electron chi connectivity index (χ2n) is 3.36. The molecule has 1 fully saturated rings. The highest BCUT2D eigenvalue weighted by Crippen LogP contribution is 2.41. The van der Waals surface area contributed by atoms with Crippen molar-refractivity contribution in [1.82, 2.24) is 0 Å². The first-order valence-corrected chi connectivity index (χ1v) is 4.43. The van der Waals surface area contributed by atoms with E-state index in [1.54, 1.807) is 6.92 Å². The number of aliphatic hydroxyl groups is 1. The van der Waals surface area contributed by atoms with Gasteiger partial charge in [0.05, 0.1) is 0 Å². The fourth-order valence-corrected chi connectivity index (χ4v) is 1.34. The zero-order valence-electron chi connectivity index (χ0n) is 7.30. The van der Waals surface area contributed by atoms with Crippen LogP contribution in [-0.4, -0.2) is 11.2 Å². The molecule has 0 aliphatic heterocycles. The van der Waals surface area contributed by atoms with Gasteiger partial charge in [0.2, 0.25) is 0 Å². The molecule has 0 aromatic carbocycles. The van der Waals surface area contributed by atoms with Crippen LogP contribution in [0.3, 0.4) is 0 Å². The molecular formula is C10H16O. The van der Waals surface area contributed by atoms with Gasteiger partial charge in [-0.3, -0.25) is 0 Å². The van der Waals surface area contributed by atoms with Gasteiger partial charge < -0.3 is 5.11 Å². The zero-order chi connectivity index (χ0) is 8.27. The highest BCUT2D eigenvalue weighted by Gasteiger charge is 2.34. The standard InChI is InChI=1S/C10H16O/c1-3-4-9-7-10(9)6-5-8(2)11/h8-11H,3-4,7H2,1-2H3. The van der Waals surface area contributed by atoms with Crippen LogP contribution >= 0.6 is 0 Å². The first kappa shape index (κ1) is 8.62. The third-order valence-corrected chi connectivity index (χ3v) is 2.06. The molecule has 62 valence electrons. The fourth-order valence-electron chi connectivity index (χ4n) is 1.34. The predicted molar refractivity (Wildman–Crippen MR) is 46.0 cm³/mol. The van der Waals surface area contributed by atoms with E-state index < -0.39 is 6.10 Å². The third-order valence-electron chi connectivity index (χ3n) is 2.06. The minimum absolute atomic E-state index is 0.446. The summed E-state index contributed by atoms with van der Waals surface area (Å²) in [4.78, 5) is 0. The minimum atomic E-state index is -0.446. The summed E-state index contributed by atoms with van der Waals surface area (Å²) in [6, 6.07) is 0. The highest BCUT2D eigenvalue weighted by atomic mass is 16.3. The largest absolute Gasteiger partial charge is 0.381 e. The first-order chi connectivity index (χ1) is 5.24. The summed E-state index contributed by atoms with van der Waals surface area (Å²) in [5.41, 5.74) is 0. The summed E-state index contributed by atoms with van der Waals surface area (Å²) in [6.07, 6.45) is 3.38. The summed E-state index contributed by atoms with van der Waals surface area (Å²) in [5, 5.41) is 8.87. The number of aliphatic hydroxyl groups excluding tert-OH is 1. The van der Waals surface area contributed by atoms with Crippen LogP contribution in [0.1, 0.15) is 33.1 Å². The van der Waals surface area contributed by atoms with Crippen LogP contribution in [0.25, 0.3) is 0 Å². The average molecular weight is 152 g/mol. The van der Waals surface area contributed by atoms with Gasteiger partial charge in [0.25, 0.3) is 0 Å². The first-order valence-electron chi connectivity index (χ1n) is 4.43. The van der Waals surface area contributed by atoms with E-state index in [-0.39, 0.29) is 0 Å². The maximum absolute atomic E-state index is 8.87. The second-order valence-corrected chi connectivity index (χ2v) is 3.36. The lowest BCUT2D eigenvalue weighted by Gasteiger charge is -1.89. The van der Waals surface area contributed by atoms with Crippen molar-refractivity contribution in [2.75, 3.05) is 0 Å². The Hall–Kier alpha value is -0.480. The molecule has 0 aromatic heterocycles. The number of rotatable bonds is 2. The molecule has 1 heteroatoms. The Kier molecular flexibility index (Phi) is 2.96. The number of hydrogen-bond acceptors (Lipinski definition) is 1. The average Bonchev–Trinajstić information content (AvgIpc) is 2.64. The lowest BCUT2D eigenvalue weighted by molar-refractivity contribution is 0.253. The fraction of sp³-hybridized carbons (Fsp3) is 0.800. The van der Waals surface area contributed by atoms with E-state index >= 15 is 0 Å². The van der Waals surface area contributed by atoms with E-state index in [1.165, 1.54) is 19.3 Å². The summed E-state index contributed by atoms with van der Waals surface area (Å²) < 4.78 is 0. The smallest absolute Gasteiger partial charge is 0.111 e. The monoisotopic (exact) mass is 152 g/mol.